The first-order valence-electron chi connectivity index (χ1n) is 7.56. The van der Waals surface area contributed by atoms with Crippen LogP contribution in [0.5, 0.6) is 0 Å². The van der Waals surface area contributed by atoms with Gasteiger partial charge >= 0.3 is 146 Å². The average molecular weight is 408 g/mol. The Balaban J connectivity index is 1.95. The molecule has 6 nitrogen and oxygen atoms in total. The predicted octanol–water partition coefficient (Wildman–Crippen LogP) is 1.36. The normalized spacial score (nSPS) is 15.8. The molecule has 0 aliphatic carbocycles. The summed E-state index contributed by atoms with van der Waals surface area (Å²) in [6, 6.07) is 11.9. The van der Waals surface area contributed by atoms with Gasteiger partial charge in [0.15, 0.2) is 0 Å². The average Bonchev–Trinajstić information content (AvgIpc) is 3.11. The number of nitrogens with zero attached hydrogens (tertiary/aromatic N) is 3. The van der Waals surface area contributed by atoms with Crippen LogP contribution >= 0.6 is 0 Å². The van der Waals surface area contributed by atoms with Gasteiger partial charge in [0.25, 0.3) is 0 Å². The summed E-state index contributed by atoms with van der Waals surface area (Å²) in [4.78, 5) is 2.64. The maximum absolute atomic E-state index is 13.2. The molecule has 0 saturated carbocycles. The molecular weight excluding hydrogens is 393 g/mol. The van der Waals surface area contributed by atoms with Crippen LogP contribution in [0.1, 0.15) is 0 Å². The third-order valence-corrected chi connectivity index (χ3v) is 6.97. The molecule has 0 amide bonds. The Bertz CT molecular complexity index is 967. The number of morpholine rings is 1. The number of rotatable bonds is 3. The molecule has 0 bridgehead atoms. The number of anilines is 1. The van der Waals surface area contributed by atoms with Gasteiger partial charge in [0, 0.05) is 0 Å². The number of sulfone groups is 1. The van der Waals surface area contributed by atoms with Gasteiger partial charge < -0.3 is 0 Å². The van der Waals surface area contributed by atoms with Gasteiger partial charge in [0.1, 0.15) is 0 Å². The zero-order chi connectivity index (χ0) is 16.6. The zero-order valence-electron chi connectivity index (χ0n) is 12.8. The Hall–Kier alpha value is -1.73. The molecule has 1 fully saturated rings. The number of aromatic nitrogens is 2. The van der Waals surface area contributed by atoms with E-state index in [1.54, 1.807) is 42.5 Å². The second kappa shape index (κ2) is 6.29. The standard InChI is InChI=1S/C16H15N3O3SSe/c20-23(21,12-4-2-1-3-5-12)14-7-6-13-15(18-24-17-13)16(14)19-8-10-22-11-9-19/h1-7H,8-11H2. The van der Waals surface area contributed by atoms with E-state index < -0.39 is 9.84 Å². The van der Waals surface area contributed by atoms with E-state index in [0.717, 1.165) is 5.52 Å². The number of benzene rings is 2. The predicted molar refractivity (Wildman–Crippen MR) is 91.4 cm³/mol. The van der Waals surface area contributed by atoms with Crippen LogP contribution in [0.3, 0.4) is 0 Å². The molecule has 2 heterocycles. The fraction of sp³-hybridized carbons (Fsp3) is 0.250. The van der Waals surface area contributed by atoms with E-state index in [4.69, 9.17) is 4.74 Å². The first-order chi connectivity index (χ1) is 11.7. The van der Waals surface area contributed by atoms with Crippen molar-refractivity contribution in [3.05, 3.63) is 42.5 Å². The van der Waals surface area contributed by atoms with Crippen molar-refractivity contribution in [2.24, 2.45) is 0 Å². The molecule has 1 saturated heterocycles. The molecule has 124 valence electrons. The number of ether oxygens (including phenoxy) is 1. The molecule has 24 heavy (non-hydrogen) atoms. The van der Waals surface area contributed by atoms with Crippen LogP contribution in [0.15, 0.2) is 52.3 Å². The molecule has 8 heteroatoms. The summed E-state index contributed by atoms with van der Waals surface area (Å²) in [5, 5.41) is 0. The van der Waals surface area contributed by atoms with Crippen molar-refractivity contribution in [2.75, 3.05) is 31.2 Å². The Morgan fingerprint density at radius 3 is 2.50 bits per heavy atom. The zero-order valence-corrected chi connectivity index (χ0v) is 15.3. The van der Waals surface area contributed by atoms with Crippen molar-refractivity contribution >= 4 is 41.5 Å². The van der Waals surface area contributed by atoms with Gasteiger partial charge in [0.2, 0.25) is 0 Å². The topological polar surface area (TPSA) is 72.4 Å². The Morgan fingerprint density at radius 2 is 1.75 bits per heavy atom. The van der Waals surface area contributed by atoms with Crippen LogP contribution in [0.4, 0.5) is 5.69 Å². The molecule has 0 unspecified atom stereocenters. The van der Waals surface area contributed by atoms with Crippen molar-refractivity contribution in [3.8, 4) is 0 Å². The number of hydrogen-bond donors (Lipinski definition) is 0. The number of fused-ring (bicyclic) bond motifs is 1. The molecular formula is C16H15N3O3SSe. The molecule has 4 rings (SSSR count). The SMILES string of the molecule is O=S(=O)(c1ccccc1)c1ccc2n[se]nc2c1N1CCOCC1. The van der Waals surface area contributed by atoms with Crippen molar-refractivity contribution in [3.63, 3.8) is 0 Å². The van der Waals surface area contributed by atoms with Crippen LogP contribution in [0.2, 0.25) is 0 Å². The van der Waals surface area contributed by atoms with Crippen LogP contribution in [-0.4, -0.2) is 57.6 Å². The molecule has 1 aliphatic rings. The van der Waals surface area contributed by atoms with E-state index in [0.29, 0.717) is 47.3 Å². The van der Waals surface area contributed by atoms with Gasteiger partial charge in [-0.05, 0) is 0 Å². The van der Waals surface area contributed by atoms with Crippen molar-refractivity contribution in [1.82, 2.24) is 7.96 Å². The van der Waals surface area contributed by atoms with Crippen LogP contribution in [-0.2, 0) is 14.6 Å². The fourth-order valence-electron chi connectivity index (χ4n) is 2.86. The summed E-state index contributed by atoms with van der Waals surface area (Å²) in [6.45, 7) is 2.46. The third-order valence-electron chi connectivity index (χ3n) is 4.03. The Morgan fingerprint density at radius 1 is 1.00 bits per heavy atom. The van der Waals surface area contributed by atoms with E-state index in [9.17, 15) is 8.42 Å². The third kappa shape index (κ3) is 2.65. The maximum atomic E-state index is 13.2. The van der Waals surface area contributed by atoms with Crippen molar-refractivity contribution in [1.29, 1.82) is 0 Å². The summed E-state index contributed by atoms with van der Waals surface area (Å²) >= 11 is -0.210. The summed E-state index contributed by atoms with van der Waals surface area (Å²) in [5.74, 6) is 0. The fourth-order valence-corrected chi connectivity index (χ4v) is 5.48. The second-order valence-corrected chi connectivity index (χ2v) is 8.49. The Labute approximate surface area is 146 Å². The molecule has 0 atom stereocenters. The van der Waals surface area contributed by atoms with Crippen LogP contribution in [0.25, 0.3) is 11.0 Å². The van der Waals surface area contributed by atoms with E-state index >= 15 is 0 Å². The van der Waals surface area contributed by atoms with E-state index in [1.165, 1.54) is 0 Å². The van der Waals surface area contributed by atoms with Gasteiger partial charge in [-0.1, -0.05) is 0 Å². The number of hydrogen-bond acceptors (Lipinski definition) is 6. The summed E-state index contributed by atoms with van der Waals surface area (Å²) in [6.07, 6.45) is 0. The minimum atomic E-state index is -3.62. The molecule has 0 spiro atoms. The molecule has 1 aromatic heterocycles. The van der Waals surface area contributed by atoms with Gasteiger partial charge in [-0.25, -0.2) is 0 Å². The van der Waals surface area contributed by atoms with E-state index in [-0.39, 0.29) is 15.0 Å². The molecule has 3 aromatic rings. The van der Waals surface area contributed by atoms with E-state index in [1.807, 2.05) is 0 Å². The first kappa shape index (κ1) is 15.8. The minimum absolute atomic E-state index is 0.210. The second-order valence-electron chi connectivity index (χ2n) is 5.46. The summed E-state index contributed by atoms with van der Waals surface area (Å²) in [7, 11) is -3.62. The summed E-state index contributed by atoms with van der Waals surface area (Å²) < 4.78 is 40.6. The molecule has 1 aliphatic heterocycles. The van der Waals surface area contributed by atoms with Gasteiger partial charge in [-0.3, -0.25) is 0 Å². The molecule has 2 aromatic carbocycles. The molecule has 0 N–H and O–H groups in total. The quantitative estimate of drug-likeness (QED) is 0.610. The van der Waals surface area contributed by atoms with Crippen LogP contribution < -0.4 is 4.90 Å². The first-order valence-corrected chi connectivity index (χ1v) is 10.6. The van der Waals surface area contributed by atoms with Gasteiger partial charge in [-0.2, -0.15) is 0 Å². The Kier molecular flexibility index (Phi) is 4.14. The molecule has 0 radical (unpaired) electrons. The monoisotopic (exact) mass is 409 g/mol. The van der Waals surface area contributed by atoms with Crippen molar-refractivity contribution in [2.45, 2.75) is 9.79 Å². The van der Waals surface area contributed by atoms with Crippen molar-refractivity contribution < 1.29 is 13.2 Å². The van der Waals surface area contributed by atoms with E-state index in [2.05, 4.69) is 12.9 Å². The van der Waals surface area contributed by atoms with Crippen LogP contribution in [0, 0.1) is 0 Å². The van der Waals surface area contributed by atoms with Gasteiger partial charge in [0.05, 0.1) is 0 Å². The van der Waals surface area contributed by atoms with Gasteiger partial charge in [-0.15, -0.1) is 0 Å². The summed E-state index contributed by atoms with van der Waals surface area (Å²) in [5.41, 5.74) is 2.15.